The van der Waals surface area contributed by atoms with Crippen molar-refractivity contribution in [3.8, 4) is 0 Å². The summed E-state index contributed by atoms with van der Waals surface area (Å²) in [5, 5.41) is 2.99. The second-order valence-electron chi connectivity index (χ2n) is 5.18. The Morgan fingerprint density at radius 2 is 2.24 bits per heavy atom. The largest absolute Gasteiger partial charge is 0.377 e. The van der Waals surface area contributed by atoms with Gasteiger partial charge in [-0.2, -0.15) is 9.97 Å². The average Bonchev–Trinajstić information content (AvgIpc) is 3.30. The fourth-order valence-corrected chi connectivity index (χ4v) is 2.29. The summed E-state index contributed by atoms with van der Waals surface area (Å²) >= 11 is 0. The molecular weight excluding hydrogens is 274 g/mol. The van der Waals surface area contributed by atoms with E-state index in [9.17, 15) is 4.79 Å². The molecule has 0 spiro atoms. The van der Waals surface area contributed by atoms with Crippen molar-refractivity contribution in [2.45, 2.75) is 24.9 Å². The summed E-state index contributed by atoms with van der Waals surface area (Å²) in [6, 6.07) is 1.55. The first-order chi connectivity index (χ1) is 10.2. The Balaban J connectivity index is 1.82. The molecule has 0 aromatic carbocycles. The van der Waals surface area contributed by atoms with Crippen LogP contribution in [0.2, 0.25) is 0 Å². The molecule has 2 heterocycles. The highest BCUT2D eigenvalue weighted by Gasteiger charge is 2.34. The van der Waals surface area contributed by atoms with Gasteiger partial charge in [-0.3, -0.25) is 4.79 Å². The van der Waals surface area contributed by atoms with Crippen molar-refractivity contribution in [3.05, 3.63) is 6.07 Å². The van der Waals surface area contributed by atoms with E-state index in [4.69, 9.17) is 16.3 Å². The minimum atomic E-state index is -0.417. The fourth-order valence-electron chi connectivity index (χ4n) is 2.29. The summed E-state index contributed by atoms with van der Waals surface area (Å²) < 4.78 is 5.43. The SMILES string of the molecule is NNc1cc(N2CCOCC2C(=O)NC2CC2)nc(N)n1. The molecule has 1 saturated carbocycles. The standard InChI is InChI=1S/C12H19N7O2/c13-12-16-9(18-14)5-10(17-12)19-3-4-21-6-8(19)11(20)15-7-1-2-7/h5,7-8H,1-4,6,14H2,(H,15,20)(H3,13,16,17,18). The maximum atomic E-state index is 12.3. The molecule has 1 aliphatic heterocycles. The van der Waals surface area contributed by atoms with E-state index in [0.717, 1.165) is 12.8 Å². The number of aromatic nitrogens is 2. The van der Waals surface area contributed by atoms with Gasteiger partial charge in [-0.1, -0.05) is 0 Å². The van der Waals surface area contributed by atoms with Gasteiger partial charge in [-0.05, 0) is 12.8 Å². The molecule has 0 bridgehead atoms. The maximum absolute atomic E-state index is 12.3. The van der Waals surface area contributed by atoms with Gasteiger partial charge in [0.2, 0.25) is 11.9 Å². The Hall–Kier alpha value is -2.13. The second-order valence-corrected chi connectivity index (χ2v) is 5.18. The van der Waals surface area contributed by atoms with E-state index >= 15 is 0 Å². The number of anilines is 3. The van der Waals surface area contributed by atoms with Crippen molar-refractivity contribution in [1.29, 1.82) is 0 Å². The summed E-state index contributed by atoms with van der Waals surface area (Å²) in [5.74, 6) is 6.40. The molecule has 1 amide bonds. The molecule has 9 nitrogen and oxygen atoms in total. The summed E-state index contributed by atoms with van der Waals surface area (Å²) in [6.07, 6.45) is 2.09. The first-order valence-electron chi connectivity index (χ1n) is 6.93. The van der Waals surface area contributed by atoms with Crippen LogP contribution in [0.15, 0.2) is 6.07 Å². The monoisotopic (exact) mass is 293 g/mol. The first kappa shape index (κ1) is 13.8. The first-order valence-corrected chi connectivity index (χ1v) is 6.93. The second kappa shape index (κ2) is 5.70. The number of nitrogens with one attached hydrogen (secondary N) is 2. The van der Waals surface area contributed by atoms with Crippen molar-refractivity contribution in [2.75, 3.05) is 35.8 Å². The number of rotatable bonds is 4. The van der Waals surface area contributed by atoms with Crippen LogP contribution >= 0.6 is 0 Å². The van der Waals surface area contributed by atoms with E-state index < -0.39 is 6.04 Å². The van der Waals surface area contributed by atoms with Gasteiger partial charge in [-0.25, -0.2) is 5.84 Å². The third-order valence-electron chi connectivity index (χ3n) is 3.53. The number of hydrazine groups is 1. The molecule has 3 rings (SSSR count). The number of ether oxygens (including phenoxy) is 1. The summed E-state index contributed by atoms with van der Waals surface area (Å²) in [7, 11) is 0. The summed E-state index contributed by atoms with van der Waals surface area (Å²) in [5.41, 5.74) is 8.12. The van der Waals surface area contributed by atoms with Crippen LogP contribution in [0.4, 0.5) is 17.6 Å². The smallest absolute Gasteiger partial charge is 0.245 e. The van der Waals surface area contributed by atoms with Crippen molar-refractivity contribution >= 4 is 23.5 Å². The Kier molecular flexibility index (Phi) is 3.76. The zero-order valence-electron chi connectivity index (χ0n) is 11.6. The van der Waals surface area contributed by atoms with Crippen molar-refractivity contribution in [2.24, 2.45) is 5.84 Å². The highest BCUT2D eigenvalue weighted by molar-refractivity contribution is 5.86. The summed E-state index contributed by atoms with van der Waals surface area (Å²) in [6.45, 7) is 1.42. The molecule has 1 aliphatic carbocycles. The predicted molar refractivity (Wildman–Crippen MR) is 77.4 cm³/mol. The number of amides is 1. The molecule has 9 heteroatoms. The lowest BCUT2D eigenvalue weighted by molar-refractivity contribution is -0.124. The minimum absolute atomic E-state index is 0.0448. The van der Waals surface area contributed by atoms with E-state index in [1.54, 1.807) is 6.07 Å². The average molecular weight is 293 g/mol. The predicted octanol–water partition coefficient (Wildman–Crippen LogP) is -1.17. The molecule has 114 valence electrons. The Labute approximate surface area is 122 Å². The van der Waals surface area contributed by atoms with Crippen molar-refractivity contribution in [3.63, 3.8) is 0 Å². The quantitative estimate of drug-likeness (QED) is 0.403. The zero-order chi connectivity index (χ0) is 14.8. The van der Waals surface area contributed by atoms with Gasteiger partial charge < -0.3 is 26.1 Å². The van der Waals surface area contributed by atoms with E-state index in [1.807, 2.05) is 4.90 Å². The lowest BCUT2D eigenvalue weighted by atomic mass is 10.2. The number of nitrogens with two attached hydrogens (primary N) is 2. The maximum Gasteiger partial charge on any atom is 0.245 e. The number of morpholine rings is 1. The third-order valence-corrected chi connectivity index (χ3v) is 3.53. The molecule has 1 saturated heterocycles. The lowest BCUT2D eigenvalue weighted by Crippen LogP contribution is -2.54. The van der Waals surface area contributed by atoms with Crippen molar-refractivity contribution in [1.82, 2.24) is 15.3 Å². The number of hydrogen-bond donors (Lipinski definition) is 4. The van der Waals surface area contributed by atoms with Gasteiger partial charge in [0, 0.05) is 18.7 Å². The molecular formula is C12H19N7O2. The zero-order valence-corrected chi connectivity index (χ0v) is 11.6. The highest BCUT2D eigenvalue weighted by Crippen LogP contribution is 2.23. The molecule has 2 aliphatic rings. The Morgan fingerprint density at radius 1 is 1.43 bits per heavy atom. The number of nitrogen functional groups attached to an aromatic ring is 2. The third kappa shape index (κ3) is 3.14. The molecule has 1 unspecified atom stereocenters. The molecule has 2 fully saturated rings. The van der Waals surface area contributed by atoms with Crippen LogP contribution in [-0.4, -0.2) is 47.7 Å². The number of hydrogen-bond acceptors (Lipinski definition) is 8. The van der Waals surface area contributed by atoms with Gasteiger partial charge in [0.15, 0.2) is 0 Å². The number of carbonyl (C=O) groups excluding carboxylic acids is 1. The number of carbonyl (C=O) groups is 1. The van der Waals surface area contributed by atoms with Gasteiger partial charge in [0.1, 0.15) is 17.7 Å². The van der Waals surface area contributed by atoms with E-state index in [0.29, 0.717) is 37.4 Å². The molecule has 6 N–H and O–H groups in total. The molecule has 1 atom stereocenters. The van der Waals surface area contributed by atoms with Crippen LogP contribution < -0.4 is 27.2 Å². The normalized spacial score (nSPS) is 22.0. The van der Waals surface area contributed by atoms with Crippen molar-refractivity contribution < 1.29 is 9.53 Å². The van der Waals surface area contributed by atoms with Crippen LogP contribution in [0.25, 0.3) is 0 Å². The fraction of sp³-hybridized carbons (Fsp3) is 0.583. The minimum Gasteiger partial charge on any atom is -0.377 e. The topological polar surface area (TPSA) is 131 Å². The number of nitrogens with zero attached hydrogens (tertiary/aromatic N) is 3. The molecule has 1 aromatic heterocycles. The van der Waals surface area contributed by atoms with Crippen LogP contribution in [0.1, 0.15) is 12.8 Å². The van der Waals surface area contributed by atoms with E-state index in [-0.39, 0.29) is 11.9 Å². The van der Waals surface area contributed by atoms with E-state index in [2.05, 4.69) is 20.7 Å². The van der Waals surface area contributed by atoms with Crippen LogP contribution in [-0.2, 0) is 9.53 Å². The lowest BCUT2D eigenvalue weighted by Gasteiger charge is -2.35. The van der Waals surface area contributed by atoms with Gasteiger partial charge in [0.05, 0.1) is 13.2 Å². The van der Waals surface area contributed by atoms with E-state index in [1.165, 1.54) is 0 Å². The molecule has 0 radical (unpaired) electrons. The van der Waals surface area contributed by atoms with Gasteiger partial charge in [0.25, 0.3) is 0 Å². The summed E-state index contributed by atoms with van der Waals surface area (Å²) in [4.78, 5) is 22.3. The van der Waals surface area contributed by atoms with Gasteiger partial charge in [-0.15, -0.1) is 0 Å². The Bertz CT molecular complexity index is 534. The molecule has 21 heavy (non-hydrogen) atoms. The van der Waals surface area contributed by atoms with Crippen LogP contribution in [0.5, 0.6) is 0 Å². The highest BCUT2D eigenvalue weighted by atomic mass is 16.5. The Morgan fingerprint density at radius 3 is 2.95 bits per heavy atom. The van der Waals surface area contributed by atoms with Crippen LogP contribution in [0.3, 0.4) is 0 Å². The van der Waals surface area contributed by atoms with Crippen LogP contribution in [0, 0.1) is 0 Å². The molecule has 1 aromatic rings. The van der Waals surface area contributed by atoms with Gasteiger partial charge >= 0.3 is 0 Å².